The summed E-state index contributed by atoms with van der Waals surface area (Å²) in [5.74, 6) is 0. The van der Waals surface area contributed by atoms with Crippen LogP contribution in [0, 0.1) is 16.2 Å². The van der Waals surface area contributed by atoms with Crippen molar-refractivity contribution < 1.29 is 4.74 Å². The van der Waals surface area contributed by atoms with E-state index in [1.807, 2.05) is 0 Å². The summed E-state index contributed by atoms with van der Waals surface area (Å²) in [4.78, 5) is 0. The molecule has 132 valence electrons. The fraction of sp³-hybridized carbons (Fsp3) is 1.00. The zero-order valence-corrected chi connectivity index (χ0v) is 16.6. The van der Waals surface area contributed by atoms with E-state index in [2.05, 4.69) is 48.5 Å². The molecule has 0 aromatic rings. The summed E-state index contributed by atoms with van der Waals surface area (Å²) < 4.78 is 6.18. The van der Waals surface area contributed by atoms with Crippen LogP contribution in [0.3, 0.4) is 0 Å². The highest BCUT2D eigenvalue weighted by Crippen LogP contribution is 2.56. The third kappa shape index (κ3) is 4.49. The predicted molar refractivity (Wildman–Crippen MR) is 98.3 cm³/mol. The van der Waals surface area contributed by atoms with Gasteiger partial charge in [0.25, 0.3) is 0 Å². The number of ether oxygens (including phenoxy) is 1. The Hall–Kier alpha value is -0.0400. The maximum atomic E-state index is 6.18. The van der Waals surface area contributed by atoms with E-state index < -0.39 is 0 Å². The monoisotopic (exact) mass is 310 g/mol. The highest BCUT2D eigenvalue weighted by atomic mass is 16.5. The van der Waals surface area contributed by atoms with Gasteiger partial charge >= 0.3 is 0 Å². The molecule has 1 aliphatic rings. The Morgan fingerprint density at radius 2 is 1.50 bits per heavy atom. The third-order valence-electron chi connectivity index (χ3n) is 7.19. The molecule has 0 aromatic carbocycles. The molecule has 1 heterocycles. The van der Waals surface area contributed by atoms with Gasteiger partial charge in [-0.05, 0) is 41.9 Å². The van der Waals surface area contributed by atoms with Crippen molar-refractivity contribution in [2.75, 3.05) is 6.61 Å². The Balaban J connectivity index is 2.67. The van der Waals surface area contributed by atoms with Gasteiger partial charge in [0.1, 0.15) is 0 Å². The first kappa shape index (κ1) is 20.0. The molecule has 0 bridgehead atoms. The van der Waals surface area contributed by atoms with Gasteiger partial charge in [0.15, 0.2) is 0 Å². The maximum absolute atomic E-state index is 6.18. The summed E-state index contributed by atoms with van der Waals surface area (Å²) in [5.41, 5.74) is 0.844. The van der Waals surface area contributed by atoms with Gasteiger partial charge in [0.05, 0.1) is 6.10 Å². The van der Waals surface area contributed by atoms with Gasteiger partial charge in [-0.1, -0.05) is 80.6 Å². The zero-order chi connectivity index (χ0) is 16.9. The molecule has 1 rings (SSSR count). The summed E-state index contributed by atoms with van der Waals surface area (Å²) in [6.07, 6.45) is 12.5. The molecule has 1 atom stereocenters. The molecule has 0 amide bonds. The van der Waals surface area contributed by atoms with Crippen molar-refractivity contribution in [1.29, 1.82) is 0 Å². The van der Waals surface area contributed by atoms with Crippen molar-refractivity contribution in [3.8, 4) is 0 Å². The zero-order valence-electron chi connectivity index (χ0n) is 16.6. The normalized spacial score (nSPS) is 21.1. The van der Waals surface area contributed by atoms with Crippen LogP contribution in [0.2, 0.25) is 0 Å². The van der Waals surface area contributed by atoms with Crippen LogP contribution in [0.25, 0.3) is 0 Å². The Morgan fingerprint density at radius 3 is 2.05 bits per heavy atom. The fourth-order valence-corrected chi connectivity index (χ4v) is 4.07. The van der Waals surface area contributed by atoms with Gasteiger partial charge in [-0.25, -0.2) is 0 Å². The minimum atomic E-state index is 0.223. The standard InChI is InChI=1S/C21H42O/c1-8-9-10-11-13-16-19(2,3)21(6,7)20(4,5)18-15-12-14-17-22-18/h18H,8-17H2,1-7H3. The van der Waals surface area contributed by atoms with Gasteiger partial charge in [0.2, 0.25) is 0 Å². The van der Waals surface area contributed by atoms with E-state index >= 15 is 0 Å². The maximum Gasteiger partial charge on any atom is 0.0631 e. The summed E-state index contributed by atoms with van der Waals surface area (Å²) in [5, 5.41) is 0. The molecule has 1 nitrogen and oxygen atoms in total. The van der Waals surface area contributed by atoms with Gasteiger partial charge in [-0.2, -0.15) is 0 Å². The first-order valence-electron chi connectivity index (χ1n) is 9.78. The lowest BCUT2D eigenvalue weighted by molar-refractivity contribution is -0.140. The Bertz CT molecular complexity index is 308. The highest BCUT2D eigenvalue weighted by Gasteiger charge is 2.51. The van der Waals surface area contributed by atoms with E-state index in [1.54, 1.807) is 0 Å². The largest absolute Gasteiger partial charge is 0.378 e. The quantitative estimate of drug-likeness (QED) is 0.417. The molecule has 0 radical (unpaired) electrons. The lowest BCUT2D eigenvalue weighted by Crippen LogP contribution is -2.52. The summed E-state index contributed by atoms with van der Waals surface area (Å²) >= 11 is 0. The van der Waals surface area contributed by atoms with E-state index in [0.717, 1.165) is 6.61 Å². The molecule has 0 aliphatic carbocycles. The number of hydrogen-bond donors (Lipinski definition) is 0. The van der Waals surface area contributed by atoms with Crippen LogP contribution in [-0.4, -0.2) is 12.7 Å². The average Bonchev–Trinajstić information content (AvgIpc) is 2.47. The van der Waals surface area contributed by atoms with Crippen LogP contribution in [0.5, 0.6) is 0 Å². The lowest BCUT2D eigenvalue weighted by Gasteiger charge is -2.56. The van der Waals surface area contributed by atoms with Crippen LogP contribution in [0.15, 0.2) is 0 Å². The third-order valence-corrected chi connectivity index (χ3v) is 7.19. The van der Waals surface area contributed by atoms with Crippen LogP contribution in [-0.2, 0) is 4.74 Å². The van der Waals surface area contributed by atoms with E-state index in [9.17, 15) is 0 Å². The van der Waals surface area contributed by atoms with Crippen molar-refractivity contribution in [1.82, 2.24) is 0 Å². The smallest absolute Gasteiger partial charge is 0.0631 e. The van der Waals surface area contributed by atoms with E-state index in [0.29, 0.717) is 11.5 Å². The molecule has 1 heteroatoms. The molecule has 0 aromatic heterocycles. The van der Waals surface area contributed by atoms with Crippen molar-refractivity contribution in [2.24, 2.45) is 16.2 Å². The van der Waals surface area contributed by atoms with Crippen molar-refractivity contribution >= 4 is 0 Å². The molecule has 1 unspecified atom stereocenters. The fourth-order valence-electron chi connectivity index (χ4n) is 4.07. The molecule has 0 spiro atoms. The van der Waals surface area contributed by atoms with Crippen LogP contribution in [0.1, 0.15) is 106 Å². The van der Waals surface area contributed by atoms with E-state index in [1.165, 1.54) is 57.8 Å². The molecule has 0 saturated carbocycles. The second kappa shape index (κ2) is 8.18. The van der Waals surface area contributed by atoms with Gasteiger partial charge < -0.3 is 4.74 Å². The van der Waals surface area contributed by atoms with Crippen LogP contribution < -0.4 is 0 Å². The number of unbranched alkanes of at least 4 members (excludes halogenated alkanes) is 4. The summed E-state index contributed by atoms with van der Waals surface area (Å²) in [6.45, 7) is 18.1. The average molecular weight is 311 g/mol. The highest BCUT2D eigenvalue weighted by molar-refractivity contribution is 5.00. The lowest BCUT2D eigenvalue weighted by atomic mass is 9.51. The summed E-state index contributed by atoms with van der Waals surface area (Å²) in [7, 11) is 0. The molecule has 0 N–H and O–H groups in total. The van der Waals surface area contributed by atoms with Crippen molar-refractivity contribution in [3.05, 3.63) is 0 Å². The second-order valence-corrected chi connectivity index (χ2v) is 9.25. The van der Waals surface area contributed by atoms with Crippen molar-refractivity contribution in [3.63, 3.8) is 0 Å². The first-order chi connectivity index (χ1) is 10.2. The SMILES string of the molecule is CCCCCCCC(C)(C)C(C)(C)C(C)(C)C1CCCCO1. The van der Waals surface area contributed by atoms with E-state index in [-0.39, 0.29) is 10.8 Å². The molecular weight excluding hydrogens is 268 g/mol. The number of hydrogen-bond acceptors (Lipinski definition) is 1. The summed E-state index contributed by atoms with van der Waals surface area (Å²) in [6, 6.07) is 0. The van der Waals surface area contributed by atoms with Crippen LogP contribution in [0.4, 0.5) is 0 Å². The molecule has 22 heavy (non-hydrogen) atoms. The molecule has 1 saturated heterocycles. The molecular formula is C21H42O. The predicted octanol–water partition coefficient (Wildman–Crippen LogP) is 6.99. The number of rotatable bonds is 9. The van der Waals surface area contributed by atoms with E-state index in [4.69, 9.17) is 4.74 Å². The Morgan fingerprint density at radius 1 is 0.864 bits per heavy atom. The molecule has 1 aliphatic heterocycles. The van der Waals surface area contributed by atoms with Crippen LogP contribution >= 0.6 is 0 Å². The Labute approximate surface area is 140 Å². The topological polar surface area (TPSA) is 9.23 Å². The second-order valence-electron chi connectivity index (χ2n) is 9.25. The van der Waals surface area contributed by atoms with Gasteiger partial charge in [0, 0.05) is 6.61 Å². The first-order valence-corrected chi connectivity index (χ1v) is 9.78. The Kier molecular flexibility index (Phi) is 7.43. The van der Waals surface area contributed by atoms with Crippen molar-refractivity contribution in [2.45, 2.75) is 112 Å². The van der Waals surface area contributed by atoms with Gasteiger partial charge in [-0.3, -0.25) is 0 Å². The molecule has 1 fully saturated rings. The minimum Gasteiger partial charge on any atom is -0.378 e. The van der Waals surface area contributed by atoms with Gasteiger partial charge in [-0.15, -0.1) is 0 Å². The minimum absolute atomic E-state index is 0.223.